The van der Waals surface area contributed by atoms with Crippen molar-refractivity contribution in [3.8, 4) is 0 Å². The zero-order chi connectivity index (χ0) is 26.6. The summed E-state index contributed by atoms with van der Waals surface area (Å²) >= 11 is 6.05. The molecule has 0 unspecified atom stereocenters. The molecule has 1 N–H and O–H groups in total. The number of rotatable bonds is 9. The number of likely N-dealkylation sites (N-methyl/N-ethyl adjacent to an activating group) is 1. The Kier molecular flexibility index (Phi) is 9.18. The van der Waals surface area contributed by atoms with E-state index in [1.807, 2.05) is 19.1 Å². The topological polar surface area (TPSA) is 86.8 Å². The van der Waals surface area contributed by atoms with Gasteiger partial charge in [-0.05, 0) is 44.5 Å². The van der Waals surface area contributed by atoms with Crippen LogP contribution in [0.25, 0.3) is 0 Å². The van der Waals surface area contributed by atoms with Crippen molar-refractivity contribution in [3.63, 3.8) is 0 Å². The summed E-state index contributed by atoms with van der Waals surface area (Å²) < 4.78 is 65.4. The van der Waals surface area contributed by atoms with Crippen LogP contribution < -0.4 is 9.62 Å². The number of carbonyl (C=O) groups excluding carboxylic acids is 2. The number of amides is 2. The van der Waals surface area contributed by atoms with Gasteiger partial charge < -0.3 is 10.2 Å². The largest absolute Gasteiger partial charge is 0.416 e. The average Bonchev–Trinajstić information content (AvgIpc) is 2.74. The fourth-order valence-corrected chi connectivity index (χ4v) is 4.51. The number of sulfonamides is 1. The molecule has 2 rings (SSSR count). The van der Waals surface area contributed by atoms with E-state index in [-0.39, 0.29) is 11.6 Å². The number of hydrogen-bond donors (Lipinski definition) is 1. The molecule has 35 heavy (non-hydrogen) atoms. The van der Waals surface area contributed by atoms with Gasteiger partial charge in [-0.25, -0.2) is 8.42 Å². The summed E-state index contributed by atoms with van der Waals surface area (Å²) in [6.45, 7) is 4.48. The van der Waals surface area contributed by atoms with Crippen molar-refractivity contribution in [2.75, 3.05) is 23.7 Å². The number of hydrogen-bond acceptors (Lipinski definition) is 4. The second-order valence-corrected chi connectivity index (χ2v) is 10.3. The molecule has 12 heteroatoms. The van der Waals surface area contributed by atoms with Gasteiger partial charge in [0, 0.05) is 13.1 Å². The first-order chi connectivity index (χ1) is 16.1. The van der Waals surface area contributed by atoms with Crippen LogP contribution in [-0.2, 0) is 32.3 Å². The highest BCUT2D eigenvalue weighted by Gasteiger charge is 2.34. The third-order valence-electron chi connectivity index (χ3n) is 5.18. The van der Waals surface area contributed by atoms with Gasteiger partial charge in [0.25, 0.3) is 0 Å². The minimum absolute atomic E-state index is 0.0211. The first-order valence-electron chi connectivity index (χ1n) is 10.6. The molecule has 0 aliphatic heterocycles. The van der Waals surface area contributed by atoms with Crippen LogP contribution in [0.5, 0.6) is 0 Å². The van der Waals surface area contributed by atoms with Gasteiger partial charge in [-0.15, -0.1) is 0 Å². The summed E-state index contributed by atoms with van der Waals surface area (Å²) in [7, 11) is -4.23. The van der Waals surface area contributed by atoms with Crippen molar-refractivity contribution in [2.45, 2.75) is 39.5 Å². The Morgan fingerprint density at radius 3 is 2.34 bits per heavy atom. The number of anilines is 1. The molecule has 2 aromatic rings. The summed E-state index contributed by atoms with van der Waals surface area (Å²) in [5, 5.41) is 2.34. The monoisotopic (exact) mass is 533 g/mol. The number of nitrogens with one attached hydrogen (secondary N) is 1. The molecule has 0 aromatic heterocycles. The highest BCUT2D eigenvalue weighted by atomic mass is 35.5. The molecule has 0 aliphatic carbocycles. The summed E-state index contributed by atoms with van der Waals surface area (Å²) in [5.41, 5.74) is -0.00426. The van der Waals surface area contributed by atoms with Gasteiger partial charge in [-0.2, -0.15) is 13.2 Å². The fourth-order valence-electron chi connectivity index (χ4n) is 3.39. The van der Waals surface area contributed by atoms with E-state index < -0.39 is 51.9 Å². The molecular formula is C23H27ClF3N3O4S. The molecule has 0 fully saturated rings. The molecular weight excluding hydrogens is 507 g/mol. The van der Waals surface area contributed by atoms with Crippen molar-refractivity contribution in [2.24, 2.45) is 0 Å². The van der Waals surface area contributed by atoms with Gasteiger partial charge >= 0.3 is 6.18 Å². The molecule has 1 atom stereocenters. The van der Waals surface area contributed by atoms with Crippen molar-refractivity contribution < 1.29 is 31.2 Å². The normalized spacial score (nSPS) is 12.7. The first-order valence-corrected chi connectivity index (χ1v) is 12.8. The molecule has 0 saturated carbocycles. The lowest BCUT2D eigenvalue weighted by Gasteiger charge is -2.32. The molecule has 0 saturated heterocycles. The van der Waals surface area contributed by atoms with Crippen molar-refractivity contribution in [1.82, 2.24) is 10.2 Å². The summed E-state index contributed by atoms with van der Waals surface area (Å²) in [5.74, 6) is -1.25. The number of halogens is 4. The van der Waals surface area contributed by atoms with Crippen LogP contribution in [0.4, 0.5) is 18.9 Å². The van der Waals surface area contributed by atoms with E-state index in [0.717, 1.165) is 24.0 Å². The van der Waals surface area contributed by atoms with E-state index >= 15 is 0 Å². The van der Waals surface area contributed by atoms with Gasteiger partial charge in [0.15, 0.2) is 0 Å². The van der Waals surface area contributed by atoms with Crippen LogP contribution in [0, 0.1) is 6.92 Å². The number of alkyl halides is 3. The van der Waals surface area contributed by atoms with E-state index in [2.05, 4.69) is 5.32 Å². The van der Waals surface area contributed by atoms with Crippen molar-refractivity contribution >= 4 is 39.1 Å². The minimum Gasteiger partial charge on any atom is -0.355 e. The standard InChI is InChI=1S/C23H27ClF3N3O4S/c1-5-28-22(32)16(3)29(13-17-8-6-7-15(2)11-17)21(31)14-30(35(4,33)34)20-12-18(23(25,26)27)9-10-19(20)24/h6-12,16H,5,13-14H2,1-4H3,(H,28,32)/t16-/m1/s1. The van der Waals surface area contributed by atoms with Gasteiger partial charge in [-0.3, -0.25) is 13.9 Å². The zero-order valence-corrected chi connectivity index (χ0v) is 21.3. The van der Waals surface area contributed by atoms with Crippen LogP contribution in [0.15, 0.2) is 42.5 Å². The summed E-state index contributed by atoms with van der Waals surface area (Å²) in [6.07, 6.45) is -3.99. The predicted molar refractivity (Wildman–Crippen MR) is 129 cm³/mol. The van der Waals surface area contributed by atoms with E-state index in [0.29, 0.717) is 22.5 Å². The van der Waals surface area contributed by atoms with Gasteiger partial charge in [0.1, 0.15) is 12.6 Å². The lowest BCUT2D eigenvalue weighted by molar-refractivity contribution is -0.139. The van der Waals surface area contributed by atoms with Crippen molar-refractivity contribution in [3.05, 3.63) is 64.2 Å². The zero-order valence-electron chi connectivity index (χ0n) is 19.7. The quantitative estimate of drug-likeness (QED) is 0.528. The van der Waals surface area contributed by atoms with Crippen molar-refractivity contribution in [1.29, 1.82) is 0 Å². The first kappa shape index (κ1) is 28.4. The number of aryl methyl sites for hydroxylation is 1. The van der Waals surface area contributed by atoms with Crippen LogP contribution in [0.2, 0.25) is 5.02 Å². The number of carbonyl (C=O) groups is 2. The van der Waals surface area contributed by atoms with Crippen LogP contribution in [-0.4, -0.2) is 50.5 Å². The fraction of sp³-hybridized carbons (Fsp3) is 0.391. The van der Waals surface area contributed by atoms with Gasteiger partial charge in [-0.1, -0.05) is 41.4 Å². The molecule has 2 amide bonds. The molecule has 0 aliphatic rings. The third kappa shape index (κ3) is 7.60. The van der Waals surface area contributed by atoms with E-state index in [1.165, 1.54) is 11.8 Å². The molecule has 2 aromatic carbocycles. The molecule has 0 heterocycles. The SMILES string of the molecule is CCNC(=O)[C@@H](C)N(Cc1cccc(C)c1)C(=O)CN(c1cc(C(F)(F)F)ccc1Cl)S(C)(=O)=O. The minimum atomic E-state index is -4.75. The van der Waals surface area contributed by atoms with E-state index in [9.17, 15) is 31.2 Å². The molecule has 0 bridgehead atoms. The summed E-state index contributed by atoms with van der Waals surface area (Å²) in [6, 6.07) is 8.41. The lowest BCUT2D eigenvalue weighted by Crippen LogP contribution is -2.51. The highest BCUT2D eigenvalue weighted by Crippen LogP contribution is 2.36. The maximum absolute atomic E-state index is 13.4. The number of nitrogens with zero attached hydrogens (tertiary/aromatic N) is 2. The third-order valence-corrected chi connectivity index (χ3v) is 6.62. The lowest BCUT2D eigenvalue weighted by atomic mass is 10.1. The Morgan fingerprint density at radius 2 is 1.80 bits per heavy atom. The Hall–Kier alpha value is -2.79. The predicted octanol–water partition coefficient (Wildman–Crippen LogP) is 3.99. The smallest absolute Gasteiger partial charge is 0.355 e. The Labute approximate surface area is 207 Å². The van der Waals surface area contributed by atoms with Crippen LogP contribution >= 0.6 is 11.6 Å². The summed E-state index contributed by atoms with van der Waals surface area (Å²) in [4.78, 5) is 27.1. The Morgan fingerprint density at radius 1 is 1.14 bits per heavy atom. The maximum atomic E-state index is 13.4. The Balaban J connectivity index is 2.50. The molecule has 192 valence electrons. The molecule has 0 radical (unpaired) electrons. The van der Waals surface area contributed by atoms with Gasteiger partial charge in [0.2, 0.25) is 21.8 Å². The van der Waals surface area contributed by atoms with E-state index in [4.69, 9.17) is 11.6 Å². The molecule has 0 spiro atoms. The van der Waals surface area contributed by atoms with E-state index in [1.54, 1.807) is 19.1 Å². The average molecular weight is 534 g/mol. The maximum Gasteiger partial charge on any atom is 0.416 e. The van der Waals surface area contributed by atoms with Crippen LogP contribution in [0.1, 0.15) is 30.5 Å². The Bertz CT molecular complexity index is 1190. The second-order valence-electron chi connectivity index (χ2n) is 8.01. The van der Waals surface area contributed by atoms with Gasteiger partial charge in [0.05, 0.1) is 22.5 Å². The number of benzene rings is 2. The second kappa shape index (κ2) is 11.3. The molecule has 7 nitrogen and oxygen atoms in total. The van der Waals surface area contributed by atoms with Crippen LogP contribution in [0.3, 0.4) is 0 Å². The highest BCUT2D eigenvalue weighted by molar-refractivity contribution is 7.92.